The number of aliphatic carboxylic acids is 3. The van der Waals surface area contributed by atoms with E-state index < -0.39 is 158 Å². The van der Waals surface area contributed by atoms with Gasteiger partial charge in [0, 0.05) is 120 Å². The molecule has 1 aromatic heterocycles. The van der Waals surface area contributed by atoms with Crippen LogP contribution in [0.15, 0.2) is 85.1 Å². The van der Waals surface area contributed by atoms with E-state index in [1.165, 1.54) is 52.8 Å². The van der Waals surface area contributed by atoms with Gasteiger partial charge in [0.15, 0.2) is 0 Å². The Kier molecular flexibility index (Phi) is 35.8. The number of aromatic nitrogens is 1. The van der Waals surface area contributed by atoms with E-state index in [2.05, 4.69) is 47.5 Å². The predicted molar refractivity (Wildman–Crippen MR) is 358 cm³/mol. The van der Waals surface area contributed by atoms with Crippen LogP contribution >= 0.6 is 21.6 Å². The van der Waals surface area contributed by atoms with Crippen LogP contribution in [-0.4, -0.2) is 274 Å². The smallest absolute Gasteiger partial charge is 0.549 e. The maximum absolute atomic E-state index is 15.3. The molecule has 6 rings (SSSR count). The zero-order chi connectivity index (χ0) is 72.1. The van der Waals surface area contributed by atoms with Gasteiger partial charge < -0.3 is 103 Å². The average Bonchev–Trinajstić information content (AvgIpc) is 1.62. The number of para-hydroxylation sites is 1. The first-order valence-corrected chi connectivity index (χ1v) is 35.0. The number of phenols is 1. The molecule has 0 unspecified atom stereocenters. The minimum Gasteiger partial charge on any atom is -0.549 e. The van der Waals surface area contributed by atoms with Crippen LogP contribution in [0.3, 0.4) is 0 Å². The summed E-state index contributed by atoms with van der Waals surface area (Å²) in [5.74, 6) is -12.6. The maximum Gasteiger partial charge on any atom is 3.00 e. The van der Waals surface area contributed by atoms with Gasteiger partial charge >= 0.3 is 36.9 Å². The van der Waals surface area contributed by atoms with E-state index in [0.29, 0.717) is 34.0 Å². The zero-order valence-corrected chi connectivity index (χ0v) is 58.6. The van der Waals surface area contributed by atoms with Gasteiger partial charge in [-0.05, 0) is 74.5 Å². The number of carbonyl (C=O) groups excluding carboxylic acids is 11. The molecule has 0 radical (unpaired) electrons. The first-order valence-electron chi connectivity index (χ1n) is 32.5. The minimum absolute atomic E-state index is 0. The molecule has 2 fully saturated rings. The van der Waals surface area contributed by atoms with E-state index in [-0.39, 0.29) is 145 Å². The molecule has 3 heterocycles. The number of nitrogens with zero attached hydrogens (tertiary/aromatic N) is 4. The fourth-order valence-corrected chi connectivity index (χ4v) is 13.4. The Morgan fingerprint density at radius 3 is 1.68 bits per heavy atom. The fraction of sp³-hybridized carbons (Fsp3) is 0.523. The van der Waals surface area contributed by atoms with Crippen LogP contribution in [0.2, 0.25) is 0 Å². The molecular formula is C65H89LuN14O18S2. The first kappa shape index (κ1) is 83.4. The summed E-state index contributed by atoms with van der Waals surface area (Å²) in [7, 11) is 1.79. The Morgan fingerprint density at radius 2 is 1.13 bits per heavy atom. The summed E-state index contributed by atoms with van der Waals surface area (Å²) in [6.07, 6.45) is -1.38. The maximum atomic E-state index is 15.3. The summed E-state index contributed by atoms with van der Waals surface area (Å²) < 4.78 is 0. The summed E-state index contributed by atoms with van der Waals surface area (Å²) >= 11 is 0. The second kappa shape index (κ2) is 42.9. The van der Waals surface area contributed by atoms with Crippen LogP contribution in [0.1, 0.15) is 49.8 Å². The predicted octanol–water partition coefficient (Wildman–Crippen LogP) is -7.47. The number of rotatable bonds is 26. The van der Waals surface area contributed by atoms with Gasteiger partial charge in [-0.25, -0.2) is 0 Å². The quantitative estimate of drug-likeness (QED) is 0.0205. The normalized spacial score (nSPS) is 21.8. The van der Waals surface area contributed by atoms with Crippen molar-refractivity contribution >= 4 is 97.7 Å². The van der Waals surface area contributed by atoms with Crippen LogP contribution in [0, 0.1) is 36.9 Å². The third kappa shape index (κ3) is 28.3. The van der Waals surface area contributed by atoms with E-state index in [1.807, 2.05) is 0 Å². The number of amides is 8. The van der Waals surface area contributed by atoms with Gasteiger partial charge in [0.25, 0.3) is 0 Å². The largest absolute Gasteiger partial charge is 3.00 e. The molecule has 2 aliphatic rings. The number of aromatic hydroxyl groups is 1. The number of benzene rings is 3. The summed E-state index contributed by atoms with van der Waals surface area (Å²) in [6, 6.07) is 9.03. The van der Waals surface area contributed by atoms with Gasteiger partial charge in [-0.1, -0.05) is 82.3 Å². The molecule has 8 amide bonds. The van der Waals surface area contributed by atoms with E-state index in [1.54, 1.807) is 65.7 Å². The molecule has 0 spiro atoms. The number of nitrogens with one attached hydrogen (secondary N) is 9. The molecule has 4 aromatic rings. The molecular weight excluding hydrogens is 1500 g/mol. The number of aliphatic hydroxyl groups is 3. The Labute approximate surface area is 615 Å². The number of aromatic amines is 1. The van der Waals surface area contributed by atoms with Crippen molar-refractivity contribution in [2.24, 2.45) is 5.73 Å². The Bertz CT molecular complexity index is 3330. The average molecular weight is 1590 g/mol. The van der Waals surface area contributed by atoms with Gasteiger partial charge in [0.2, 0.25) is 47.3 Å². The van der Waals surface area contributed by atoms with Crippen molar-refractivity contribution in [3.05, 3.63) is 102 Å². The van der Waals surface area contributed by atoms with Crippen LogP contribution in [0.5, 0.6) is 5.75 Å². The number of carboxylic acid groups (broad SMARTS) is 3. The number of nitrogens with two attached hydrogens (primary N) is 1. The van der Waals surface area contributed by atoms with E-state index in [0.717, 1.165) is 21.6 Å². The monoisotopic (exact) mass is 1590 g/mol. The van der Waals surface area contributed by atoms with Crippen molar-refractivity contribution in [3.63, 3.8) is 0 Å². The zero-order valence-electron chi connectivity index (χ0n) is 55.4. The second-order valence-corrected chi connectivity index (χ2v) is 26.9. The number of unbranched alkanes of at least 4 members (excludes halogenated alkanes) is 1. The van der Waals surface area contributed by atoms with Crippen molar-refractivity contribution in [2.75, 3.05) is 103 Å². The topological polar surface area (TPSA) is 489 Å². The number of H-pyrrole nitrogens is 1. The first-order chi connectivity index (χ1) is 47.3. The number of carbonyl (C=O) groups is 11. The van der Waals surface area contributed by atoms with Crippen LogP contribution in [-0.2, 0) is 72.0 Å². The van der Waals surface area contributed by atoms with Gasteiger partial charge in [-0.15, -0.1) is 0 Å². The van der Waals surface area contributed by atoms with E-state index >= 15 is 14.4 Å². The number of hydrogen-bond donors (Lipinski definition) is 14. The van der Waals surface area contributed by atoms with Crippen LogP contribution in [0.25, 0.3) is 10.9 Å². The molecule has 0 aliphatic carbocycles. The van der Waals surface area contributed by atoms with Gasteiger partial charge in [-0.3, -0.25) is 58.0 Å². The molecule has 15 N–H and O–H groups in total. The van der Waals surface area contributed by atoms with Crippen molar-refractivity contribution < 1.29 is 125 Å². The summed E-state index contributed by atoms with van der Waals surface area (Å²) in [5.41, 5.74) is 8.01. The molecule has 32 nitrogen and oxygen atoms in total. The number of fused-ring (bicyclic) bond motifs is 1. The number of carboxylic acids is 3. The Morgan fingerprint density at radius 1 is 0.610 bits per heavy atom. The molecule has 3 aromatic carbocycles. The van der Waals surface area contributed by atoms with Gasteiger partial charge in [0.05, 0.1) is 49.3 Å². The Hall–Kier alpha value is -7.22. The number of aliphatic hydroxyl groups excluding tert-OH is 3. The minimum atomic E-state index is -1.78. The third-order valence-electron chi connectivity index (χ3n) is 16.6. The molecule has 0 bridgehead atoms. The molecule has 2 aliphatic heterocycles. The van der Waals surface area contributed by atoms with Gasteiger partial charge in [-0.2, -0.15) is 0 Å². The molecule has 0 saturated carbocycles. The molecule has 2 saturated heterocycles. The third-order valence-corrected chi connectivity index (χ3v) is 19.0. The fourth-order valence-electron chi connectivity index (χ4n) is 11.0. The summed E-state index contributed by atoms with van der Waals surface area (Å²) in [6.45, 7) is 0.0360. The standard InChI is InChI=1S/C65H92N14O18S2.Lu/c1-39(81)51(36-80)72-64(96)53-38-99-98-37-52(73-60(92)48(28-41-10-4-3-5-11-41)68-54(84)32-76-20-22-77(33-55(85)86)24-26-79(35-57(89)90)27-25-78(23-21-76)34-56(87)88)63(95)70-49(29-42-15-17-44(83)18-16-42)61(93)71-50(30-43-31-67-46-13-7-6-12-45(43)46)62(94)69-47(14-8-9-19-66)59(91)75-58(40(2)82)65(97)74-53;/h3-7,10-13,15-18,31,39-40,47-53,58,67,80-83H,8-9,14,19-30,32-38,66H2,1-2H3,(H,68,84)(H,69,94)(H,70,95)(H,71,93)(H,72,96)(H,73,92)(H,74,97)(H,75,91)(H,85,86)(H,87,88)(H,89,90);/q;+3/p-3/t39-,40-,47+,48-,49+,50-,51-,52+,53+,58+;/m1./s1. The van der Waals surface area contributed by atoms with Crippen molar-refractivity contribution in [2.45, 2.75) is 113 Å². The van der Waals surface area contributed by atoms with E-state index in [4.69, 9.17) is 5.73 Å². The molecule has 554 valence electrons. The molecule has 10 atom stereocenters. The second-order valence-electron chi connectivity index (χ2n) is 24.4. The van der Waals surface area contributed by atoms with Crippen LogP contribution in [0.4, 0.5) is 0 Å². The Balaban J connectivity index is 0.0000180. The van der Waals surface area contributed by atoms with Crippen molar-refractivity contribution in [3.8, 4) is 5.75 Å². The number of phenolic OH excluding ortho intramolecular Hbond substituents is 1. The summed E-state index contributed by atoms with van der Waals surface area (Å²) in [5, 5.41) is 99.3. The van der Waals surface area contributed by atoms with Crippen molar-refractivity contribution in [1.82, 2.24) is 67.1 Å². The van der Waals surface area contributed by atoms with Gasteiger partial charge in [0.1, 0.15) is 48.0 Å². The van der Waals surface area contributed by atoms with E-state index in [9.17, 15) is 74.1 Å². The molecule has 35 heteroatoms. The number of hydrogen-bond acceptors (Lipinski definition) is 25. The molecule has 100 heavy (non-hydrogen) atoms. The van der Waals surface area contributed by atoms with Crippen molar-refractivity contribution in [1.29, 1.82) is 0 Å². The SMILES string of the molecule is C[C@@H](O)[C@@H]1NC(=O)[C@H](CCCCN)NC(=O)[C@@H](Cc2c[nH]c3ccccc23)NC(=O)[C@H](Cc2ccc(O)cc2)NC(=O)[C@@H](NC(=O)[C@@H](Cc2ccccc2)NC(=O)CN2CCN(CC(=O)[O-])CCN(CC(=O)[O-])CCN(CC(=O)[O-])CC2)CSSC[C@@H](C(=O)N[C@H](CO)[C@@H](C)O)NC1=O.[Lu+3]. The summed E-state index contributed by atoms with van der Waals surface area (Å²) in [4.78, 5) is 163. The van der Waals surface area contributed by atoms with Crippen LogP contribution < -0.4 is 63.6 Å².